The summed E-state index contributed by atoms with van der Waals surface area (Å²) in [6, 6.07) is 16.1. The van der Waals surface area contributed by atoms with Crippen molar-refractivity contribution in [2.24, 2.45) is 0 Å². The monoisotopic (exact) mass is 221 g/mol. The number of fused-ring (bicyclic) bond motifs is 1. The number of nitrogens with one attached hydrogen (secondary N) is 1. The fraction of sp³-hybridized carbons (Fsp3) is 0. The predicted molar refractivity (Wildman–Crippen MR) is 69.3 cm³/mol. The van der Waals surface area contributed by atoms with Crippen LogP contribution < -0.4 is 5.32 Å². The summed E-state index contributed by atoms with van der Waals surface area (Å²) in [7, 11) is 0. The minimum atomic E-state index is 0.957. The maximum atomic E-state index is 4.19. The summed E-state index contributed by atoms with van der Waals surface area (Å²) in [5.74, 6) is 0. The lowest BCUT2D eigenvalue weighted by molar-refractivity contribution is 1.22. The summed E-state index contributed by atoms with van der Waals surface area (Å²) in [6.45, 7) is 0. The lowest BCUT2D eigenvalue weighted by Crippen LogP contribution is -1.90. The van der Waals surface area contributed by atoms with Crippen molar-refractivity contribution < 1.29 is 0 Å². The Morgan fingerprint density at radius 1 is 0.882 bits per heavy atom. The average Bonchev–Trinajstić information content (AvgIpc) is 2.40. The van der Waals surface area contributed by atoms with Crippen molar-refractivity contribution in [2.75, 3.05) is 5.32 Å². The third-order valence-corrected chi connectivity index (χ3v) is 2.57. The molecule has 1 N–H and O–H groups in total. The molecule has 0 atom stereocenters. The van der Waals surface area contributed by atoms with Crippen LogP contribution in [-0.2, 0) is 0 Å². The standard InChI is InChI=1S/C14H11N3/c1-2-4-12(5-3-1)17-13-6-7-14-11(8-13)9-15-10-16-14/h1-10,17H. The van der Waals surface area contributed by atoms with E-state index < -0.39 is 0 Å². The first-order chi connectivity index (χ1) is 8.42. The van der Waals surface area contributed by atoms with Crippen molar-refractivity contribution in [3.8, 4) is 0 Å². The number of aromatic nitrogens is 2. The summed E-state index contributed by atoms with van der Waals surface area (Å²) in [5, 5.41) is 4.38. The van der Waals surface area contributed by atoms with E-state index in [9.17, 15) is 0 Å². The fourth-order valence-electron chi connectivity index (χ4n) is 1.75. The van der Waals surface area contributed by atoms with Crippen LogP contribution in [0.15, 0.2) is 61.1 Å². The van der Waals surface area contributed by atoms with E-state index in [1.54, 1.807) is 6.33 Å². The largest absolute Gasteiger partial charge is 0.356 e. The van der Waals surface area contributed by atoms with Crippen molar-refractivity contribution in [1.29, 1.82) is 0 Å². The Labute approximate surface area is 99.2 Å². The maximum absolute atomic E-state index is 4.19. The van der Waals surface area contributed by atoms with Gasteiger partial charge in [0.15, 0.2) is 0 Å². The van der Waals surface area contributed by atoms with Gasteiger partial charge in [0.1, 0.15) is 6.33 Å². The van der Waals surface area contributed by atoms with Gasteiger partial charge in [-0.25, -0.2) is 9.97 Å². The molecular formula is C14H11N3. The third kappa shape index (κ3) is 2.08. The quantitative estimate of drug-likeness (QED) is 0.721. The molecule has 0 fully saturated rings. The summed E-state index contributed by atoms with van der Waals surface area (Å²) >= 11 is 0. The molecule has 0 aliphatic heterocycles. The summed E-state index contributed by atoms with van der Waals surface area (Å²) in [5.41, 5.74) is 3.07. The normalized spacial score (nSPS) is 10.4. The van der Waals surface area contributed by atoms with E-state index >= 15 is 0 Å². The number of rotatable bonds is 2. The number of anilines is 2. The number of hydrogen-bond acceptors (Lipinski definition) is 3. The second-order valence-corrected chi connectivity index (χ2v) is 3.79. The summed E-state index contributed by atoms with van der Waals surface area (Å²) in [6.07, 6.45) is 3.38. The molecule has 0 saturated heterocycles. The smallest absolute Gasteiger partial charge is 0.116 e. The van der Waals surface area contributed by atoms with Gasteiger partial charge in [-0.3, -0.25) is 0 Å². The molecule has 3 nitrogen and oxygen atoms in total. The fourth-order valence-corrected chi connectivity index (χ4v) is 1.75. The number of hydrogen-bond donors (Lipinski definition) is 1. The van der Waals surface area contributed by atoms with Crippen LogP contribution in [0.2, 0.25) is 0 Å². The molecule has 82 valence electrons. The number of benzene rings is 2. The Hall–Kier alpha value is -2.42. The second kappa shape index (κ2) is 4.22. The lowest BCUT2D eigenvalue weighted by Gasteiger charge is -2.06. The Morgan fingerprint density at radius 2 is 1.76 bits per heavy atom. The predicted octanol–water partition coefficient (Wildman–Crippen LogP) is 3.37. The van der Waals surface area contributed by atoms with Crippen LogP contribution in [0.1, 0.15) is 0 Å². The molecule has 17 heavy (non-hydrogen) atoms. The van der Waals surface area contributed by atoms with Crippen LogP contribution in [0.25, 0.3) is 10.9 Å². The maximum Gasteiger partial charge on any atom is 0.116 e. The van der Waals surface area contributed by atoms with E-state index in [1.807, 2.05) is 54.7 Å². The van der Waals surface area contributed by atoms with E-state index in [0.717, 1.165) is 22.3 Å². The van der Waals surface area contributed by atoms with Crippen molar-refractivity contribution >= 4 is 22.3 Å². The van der Waals surface area contributed by atoms with Gasteiger partial charge in [0, 0.05) is 23.0 Å². The Morgan fingerprint density at radius 3 is 2.65 bits per heavy atom. The van der Waals surface area contributed by atoms with Crippen LogP contribution >= 0.6 is 0 Å². The van der Waals surface area contributed by atoms with Gasteiger partial charge in [0.05, 0.1) is 5.52 Å². The van der Waals surface area contributed by atoms with E-state index in [2.05, 4.69) is 15.3 Å². The molecule has 0 radical (unpaired) electrons. The van der Waals surface area contributed by atoms with Gasteiger partial charge >= 0.3 is 0 Å². The van der Waals surface area contributed by atoms with Crippen LogP contribution in [-0.4, -0.2) is 9.97 Å². The van der Waals surface area contributed by atoms with Gasteiger partial charge in [0.25, 0.3) is 0 Å². The first-order valence-electron chi connectivity index (χ1n) is 5.44. The van der Waals surface area contributed by atoms with Crippen molar-refractivity contribution in [3.05, 3.63) is 61.1 Å². The Bertz CT molecular complexity index is 635. The first-order valence-corrected chi connectivity index (χ1v) is 5.44. The van der Waals surface area contributed by atoms with Gasteiger partial charge in [-0.2, -0.15) is 0 Å². The molecule has 3 rings (SSSR count). The first kappa shape index (κ1) is 9.78. The summed E-state index contributed by atoms with van der Waals surface area (Å²) in [4.78, 5) is 8.21. The van der Waals surface area contributed by atoms with E-state index in [-0.39, 0.29) is 0 Å². The summed E-state index contributed by atoms with van der Waals surface area (Å²) < 4.78 is 0. The number of para-hydroxylation sites is 1. The molecule has 2 aromatic carbocycles. The Balaban J connectivity index is 1.96. The zero-order chi connectivity index (χ0) is 11.5. The third-order valence-electron chi connectivity index (χ3n) is 2.57. The van der Waals surface area contributed by atoms with E-state index in [1.165, 1.54) is 0 Å². The molecular weight excluding hydrogens is 210 g/mol. The molecule has 0 spiro atoms. The topological polar surface area (TPSA) is 37.8 Å². The number of nitrogens with zero attached hydrogens (tertiary/aromatic N) is 2. The highest BCUT2D eigenvalue weighted by Gasteiger charge is 1.97. The molecule has 3 aromatic rings. The molecule has 1 heterocycles. The molecule has 0 aliphatic rings. The molecule has 0 aliphatic carbocycles. The SMILES string of the molecule is c1ccc(Nc2ccc3ncncc3c2)cc1. The lowest BCUT2D eigenvalue weighted by atomic mass is 10.2. The van der Waals surface area contributed by atoms with Crippen LogP contribution in [0.5, 0.6) is 0 Å². The highest BCUT2D eigenvalue weighted by atomic mass is 14.9. The molecule has 0 saturated carbocycles. The van der Waals surface area contributed by atoms with Crippen LogP contribution in [0, 0.1) is 0 Å². The van der Waals surface area contributed by atoms with Crippen molar-refractivity contribution in [3.63, 3.8) is 0 Å². The Kier molecular flexibility index (Phi) is 2.43. The van der Waals surface area contributed by atoms with Gasteiger partial charge in [-0.1, -0.05) is 18.2 Å². The highest BCUT2D eigenvalue weighted by Crippen LogP contribution is 2.20. The van der Waals surface area contributed by atoms with Gasteiger partial charge in [0.2, 0.25) is 0 Å². The van der Waals surface area contributed by atoms with Gasteiger partial charge < -0.3 is 5.32 Å². The zero-order valence-electron chi connectivity index (χ0n) is 9.17. The van der Waals surface area contributed by atoms with Gasteiger partial charge in [-0.05, 0) is 30.3 Å². The van der Waals surface area contributed by atoms with Crippen LogP contribution in [0.4, 0.5) is 11.4 Å². The highest BCUT2D eigenvalue weighted by molar-refractivity contribution is 5.82. The second-order valence-electron chi connectivity index (χ2n) is 3.79. The minimum Gasteiger partial charge on any atom is -0.356 e. The van der Waals surface area contributed by atoms with E-state index in [4.69, 9.17) is 0 Å². The molecule has 3 heteroatoms. The molecule has 0 amide bonds. The zero-order valence-corrected chi connectivity index (χ0v) is 9.17. The average molecular weight is 221 g/mol. The molecule has 0 bridgehead atoms. The van der Waals surface area contributed by atoms with Crippen molar-refractivity contribution in [2.45, 2.75) is 0 Å². The molecule has 0 unspecified atom stereocenters. The van der Waals surface area contributed by atoms with Gasteiger partial charge in [-0.15, -0.1) is 0 Å². The minimum absolute atomic E-state index is 0.957. The van der Waals surface area contributed by atoms with Crippen LogP contribution in [0.3, 0.4) is 0 Å². The van der Waals surface area contributed by atoms with Crippen molar-refractivity contribution in [1.82, 2.24) is 9.97 Å². The molecule has 1 aromatic heterocycles. The van der Waals surface area contributed by atoms with E-state index in [0.29, 0.717) is 0 Å².